The molecule has 0 aliphatic heterocycles. The van der Waals surface area contributed by atoms with Crippen LogP contribution in [-0.2, 0) is 9.53 Å². The van der Waals surface area contributed by atoms with Crippen LogP contribution >= 0.6 is 0 Å². The normalized spacial score (nSPS) is 14.3. The molecule has 0 N–H and O–H groups in total. The summed E-state index contributed by atoms with van der Waals surface area (Å²) in [4.78, 5) is 11.5. The first kappa shape index (κ1) is 11.8. The van der Waals surface area contributed by atoms with E-state index >= 15 is 0 Å². The third kappa shape index (κ3) is 2.82. The number of methoxy groups -OCH3 is 1. The molecule has 1 aromatic rings. The molecule has 0 radical (unpaired) electrons. The van der Waals surface area contributed by atoms with E-state index in [9.17, 15) is 4.79 Å². The van der Waals surface area contributed by atoms with Gasteiger partial charge < -0.3 is 4.74 Å². The minimum atomic E-state index is -0.117. The van der Waals surface area contributed by atoms with Crippen LogP contribution in [0.25, 0.3) is 0 Å². The predicted molar refractivity (Wildman–Crippen MR) is 60.7 cm³/mol. The third-order valence-electron chi connectivity index (χ3n) is 2.87. The molecule has 2 nitrogen and oxygen atoms in total. The van der Waals surface area contributed by atoms with Crippen LogP contribution < -0.4 is 0 Å². The van der Waals surface area contributed by atoms with Gasteiger partial charge in [-0.3, -0.25) is 4.79 Å². The van der Waals surface area contributed by atoms with Crippen LogP contribution in [0.1, 0.15) is 31.7 Å². The Balaban J connectivity index is 2.82. The SMILES string of the molecule is CCC(C(=O)OC)C(C)c1ccccc1. The lowest BCUT2D eigenvalue weighted by molar-refractivity contribution is -0.146. The molecule has 15 heavy (non-hydrogen) atoms. The molecule has 0 saturated carbocycles. The highest BCUT2D eigenvalue weighted by molar-refractivity contribution is 5.73. The van der Waals surface area contributed by atoms with E-state index in [0.717, 1.165) is 6.42 Å². The molecular weight excluding hydrogens is 188 g/mol. The Morgan fingerprint density at radius 1 is 1.33 bits per heavy atom. The molecule has 0 spiro atoms. The molecule has 0 aliphatic carbocycles. The molecule has 0 saturated heterocycles. The Bertz CT molecular complexity index is 306. The van der Waals surface area contributed by atoms with Crippen molar-refractivity contribution in [3.05, 3.63) is 35.9 Å². The van der Waals surface area contributed by atoms with E-state index < -0.39 is 0 Å². The van der Waals surface area contributed by atoms with Crippen molar-refractivity contribution in [3.8, 4) is 0 Å². The van der Waals surface area contributed by atoms with Crippen molar-refractivity contribution in [3.63, 3.8) is 0 Å². The highest BCUT2D eigenvalue weighted by Gasteiger charge is 2.24. The van der Waals surface area contributed by atoms with E-state index in [-0.39, 0.29) is 17.8 Å². The first-order chi connectivity index (χ1) is 7.20. The monoisotopic (exact) mass is 206 g/mol. The highest BCUT2D eigenvalue weighted by atomic mass is 16.5. The van der Waals surface area contributed by atoms with Gasteiger partial charge in [-0.25, -0.2) is 0 Å². The van der Waals surface area contributed by atoms with Crippen molar-refractivity contribution < 1.29 is 9.53 Å². The lowest BCUT2D eigenvalue weighted by Gasteiger charge is -2.20. The maximum atomic E-state index is 11.5. The average Bonchev–Trinajstić information content (AvgIpc) is 2.30. The second-order valence-electron chi connectivity index (χ2n) is 3.74. The number of esters is 1. The van der Waals surface area contributed by atoms with Gasteiger partial charge in [0.05, 0.1) is 13.0 Å². The summed E-state index contributed by atoms with van der Waals surface area (Å²) in [5, 5.41) is 0. The van der Waals surface area contributed by atoms with Gasteiger partial charge in [-0.1, -0.05) is 44.2 Å². The van der Waals surface area contributed by atoms with Gasteiger partial charge in [-0.2, -0.15) is 0 Å². The first-order valence-electron chi connectivity index (χ1n) is 5.33. The summed E-state index contributed by atoms with van der Waals surface area (Å²) in [7, 11) is 1.45. The maximum Gasteiger partial charge on any atom is 0.309 e. The second-order valence-corrected chi connectivity index (χ2v) is 3.74. The minimum absolute atomic E-state index is 0.0441. The number of carbonyl (C=O) groups is 1. The van der Waals surface area contributed by atoms with Crippen LogP contribution in [0.3, 0.4) is 0 Å². The van der Waals surface area contributed by atoms with E-state index in [1.165, 1.54) is 12.7 Å². The molecule has 0 bridgehead atoms. The van der Waals surface area contributed by atoms with E-state index in [2.05, 4.69) is 19.1 Å². The average molecular weight is 206 g/mol. The summed E-state index contributed by atoms with van der Waals surface area (Å²) in [6.07, 6.45) is 0.808. The topological polar surface area (TPSA) is 26.3 Å². The molecule has 0 aromatic heterocycles. The Morgan fingerprint density at radius 3 is 2.40 bits per heavy atom. The standard InChI is InChI=1S/C13H18O2/c1-4-12(13(14)15-3)10(2)11-8-6-5-7-9-11/h5-10,12H,4H2,1-3H3. The largest absolute Gasteiger partial charge is 0.469 e. The summed E-state index contributed by atoms with van der Waals surface area (Å²) in [6, 6.07) is 10.1. The molecule has 82 valence electrons. The third-order valence-corrected chi connectivity index (χ3v) is 2.87. The summed E-state index contributed by atoms with van der Waals surface area (Å²) in [5.74, 6) is 0.0508. The molecule has 0 aliphatic rings. The number of rotatable bonds is 4. The van der Waals surface area contributed by atoms with E-state index in [1.807, 2.05) is 25.1 Å². The zero-order chi connectivity index (χ0) is 11.3. The maximum absolute atomic E-state index is 11.5. The fourth-order valence-corrected chi connectivity index (χ4v) is 1.86. The van der Waals surface area contributed by atoms with Gasteiger partial charge in [0.15, 0.2) is 0 Å². The lowest BCUT2D eigenvalue weighted by Crippen LogP contribution is -2.21. The van der Waals surface area contributed by atoms with Gasteiger partial charge in [0, 0.05) is 0 Å². The molecule has 2 atom stereocenters. The number of benzene rings is 1. The lowest BCUT2D eigenvalue weighted by atomic mass is 9.86. The molecule has 2 heteroatoms. The van der Waals surface area contributed by atoms with Crippen molar-refractivity contribution in [1.29, 1.82) is 0 Å². The number of carbonyl (C=O) groups excluding carboxylic acids is 1. The van der Waals surface area contributed by atoms with Gasteiger partial charge in [-0.05, 0) is 17.9 Å². The van der Waals surface area contributed by atoms with Crippen molar-refractivity contribution in [1.82, 2.24) is 0 Å². The van der Waals surface area contributed by atoms with E-state index in [1.54, 1.807) is 0 Å². The van der Waals surface area contributed by atoms with E-state index in [4.69, 9.17) is 4.74 Å². The Kier molecular flexibility index (Phi) is 4.35. The quantitative estimate of drug-likeness (QED) is 0.708. The van der Waals surface area contributed by atoms with Crippen molar-refractivity contribution >= 4 is 5.97 Å². The first-order valence-corrected chi connectivity index (χ1v) is 5.33. The van der Waals surface area contributed by atoms with Crippen LogP contribution in [0.15, 0.2) is 30.3 Å². The second kappa shape index (κ2) is 5.54. The van der Waals surface area contributed by atoms with Crippen molar-refractivity contribution in [2.24, 2.45) is 5.92 Å². The zero-order valence-electron chi connectivity index (χ0n) is 9.57. The molecule has 0 heterocycles. The summed E-state index contributed by atoms with van der Waals surface area (Å²) < 4.78 is 4.81. The predicted octanol–water partition coefficient (Wildman–Crippen LogP) is 2.99. The zero-order valence-corrected chi connectivity index (χ0v) is 9.57. The molecule has 2 unspecified atom stereocenters. The van der Waals surface area contributed by atoms with Gasteiger partial charge in [0.1, 0.15) is 0 Å². The highest BCUT2D eigenvalue weighted by Crippen LogP contribution is 2.27. The van der Waals surface area contributed by atoms with Gasteiger partial charge in [0.2, 0.25) is 0 Å². The number of ether oxygens (including phenoxy) is 1. The number of hydrogen-bond donors (Lipinski definition) is 0. The summed E-state index contributed by atoms with van der Waals surface area (Å²) >= 11 is 0. The van der Waals surface area contributed by atoms with Crippen LogP contribution in [0.5, 0.6) is 0 Å². The molecule has 1 rings (SSSR count). The number of hydrogen-bond acceptors (Lipinski definition) is 2. The molecule has 1 aromatic carbocycles. The minimum Gasteiger partial charge on any atom is -0.469 e. The molecule has 0 amide bonds. The van der Waals surface area contributed by atoms with Crippen LogP contribution in [-0.4, -0.2) is 13.1 Å². The Morgan fingerprint density at radius 2 is 1.93 bits per heavy atom. The van der Waals surface area contributed by atoms with Crippen LogP contribution in [0.4, 0.5) is 0 Å². The Hall–Kier alpha value is -1.31. The van der Waals surface area contributed by atoms with Gasteiger partial charge >= 0.3 is 5.97 Å². The molecule has 0 fully saturated rings. The van der Waals surface area contributed by atoms with Crippen LogP contribution in [0, 0.1) is 5.92 Å². The van der Waals surface area contributed by atoms with Crippen molar-refractivity contribution in [2.45, 2.75) is 26.2 Å². The van der Waals surface area contributed by atoms with Gasteiger partial charge in [-0.15, -0.1) is 0 Å². The summed E-state index contributed by atoms with van der Waals surface area (Å²) in [5.41, 5.74) is 1.19. The van der Waals surface area contributed by atoms with E-state index in [0.29, 0.717) is 0 Å². The fraction of sp³-hybridized carbons (Fsp3) is 0.462. The van der Waals surface area contributed by atoms with Crippen LogP contribution in [0.2, 0.25) is 0 Å². The summed E-state index contributed by atoms with van der Waals surface area (Å²) in [6.45, 7) is 4.08. The smallest absolute Gasteiger partial charge is 0.309 e. The molecular formula is C13H18O2. The Labute approximate surface area is 91.3 Å². The fourth-order valence-electron chi connectivity index (χ4n) is 1.86. The van der Waals surface area contributed by atoms with Gasteiger partial charge in [0.25, 0.3) is 0 Å². The van der Waals surface area contributed by atoms with Crippen molar-refractivity contribution in [2.75, 3.05) is 7.11 Å².